The van der Waals surface area contributed by atoms with Crippen molar-refractivity contribution in [2.24, 2.45) is 20.0 Å². The molecule has 12 heteroatoms. The van der Waals surface area contributed by atoms with Gasteiger partial charge in [-0.2, -0.15) is 9.98 Å². The molecule has 0 aromatic carbocycles. The Labute approximate surface area is 213 Å². The highest BCUT2D eigenvalue weighted by Crippen LogP contribution is 2.27. The lowest BCUT2D eigenvalue weighted by Crippen LogP contribution is -2.58. The van der Waals surface area contributed by atoms with Crippen molar-refractivity contribution in [3.8, 4) is 0 Å². The van der Waals surface area contributed by atoms with Gasteiger partial charge in [0, 0.05) is 52.4 Å². The Hall–Kier alpha value is -2.28. The van der Waals surface area contributed by atoms with Crippen LogP contribution in [0.25, 0.3) is 0 Å². The average Bonchev–Trinajstić information content (AvgIpc) is 2.92. The summed E-state index contributed by atoms with van der Waals surface area (Å²) < 4.78 is 0. The number of nitrogens with zero attached hydrogens (tertiary/aromatic N) is 8. The van der Waals surface area contributed by atoms with Gasteiger partial charge < -0.3 is 40.0 Å². The van der Waals surface area contributed by atoms with Crippen molar-refractivity contribution >= 4 is 23.6 Å². The van der Waals surface area contributed by atoms with Gasteiger partial charge in [0.15, 0.2) is 0 Å². The number of amidine groups is 2. The van der Waals surface area contributed by atoms with Crippen LogP contribution in [0.5, 0.6) is 0 Å². The first-order valence-electron chi connectivity index (χ1n) is 13.5. The zero-order valence-corrected chi connectivity index (χ0v) is 21.2. The Bertz CT molecular complexity index is 756. The Morgan fingerprint density at radius 3 is 1.19 bits per heavy atom. The van der Waals surface area contributed by atoms with Crippen molar-refractivity contribution < 1.29 is 20.4 Å². The zero-order valence-electron chi connectivity index (χ0n) is 21.2. The molecule has 0 aromatic heterocycles. The second-order valence-corrected chi connectivity index (χ2v) is 9.65. The summed E-state index contributed by atoms with van der Waals surface area (Å²) in [6.45, 7) is 4.67. The van der Waals surface area contributed by atoms with Gasteiger partial charge in [-0.3, -0.25) is 0 Å². The first kappa shape index (κ1) is 26.8. The second-order valence-electron chi connectivity index (χ2n) is 9.65. The van der Waals surface area contributed by atoms with Crippen LogP contribution in [0.3, 0.4) is 0 Å². The van der Waals surface area contributed by atoms with Gasteiger partial charge >= 0.3 is 0 Å². The third-order valence-corrected chi connectivity index (χ3v) is 7.17. The van der Waals surface area contributed by atoms with E-state index in [4.69, 9.17) is 20.0 Å². The molecule has 4 rings (SSSR count). The van der Waals surface area contributed by atoms with Gasteiger partial charge in [-0.25, -0.2) is 9.98 Å². The predicted octanol–water partition coefficient (Wildman–Crippen LogP) is -1.20. The van der Waals surface area contributed by atoms with Crippen molar-refractivity contribution in [1.29, 1.82) is 0 Å². The Balaban J connectivity index is 1.78. The van der Waals surface area contributed by atoms with Gasteiger partial charge in [-0.1, -0.05) is 0 Å². The first-order valence-corrected chi connectivity index (χ1v) is 13.5. The Kier molecular flexibility index (Phi) is 9.90. The summed E-state index contributed by atoms with van der Waals surface area (Å²) in [4.78, 5) is 28.3. The van der Waals surface area contributed by atoms with E-state index in [0.717, 1.165) is 63.5 Å². The number of fused-ring (bicyclic) bond motifs is 1. The van der Waals surface area contributed by atoms with Crippen LogP contribution < -0.4 is 0 Å². The van der Waals surface area contributed by atoms with E-state index < -0.39 is 0 Å². The minimum atomic E-state index is -0.360. The van der Waals surface area contributed by atoms with E-state index in [0.29, 0.717) is 38.1 Å². The van der Waals surface area contributed by atoms with E-state index in [1.165, 1.54) is 12.8 Å². The van der Waals surface area contributed by atoms with E-state index in [1.54, 1.807) is 0 Å². The van der Waals surface area contributed by atoms with Crippen molar-refractivity contribution in [2.75, 3.05) is 78.8 Å². The fourth-order valence-corrected chi connectivity index (χ4v) is 5.36. The highest BCUT2D eigenvalue weighted by atomic mass is 16.3. The number of likely N-dealkylation sites (tertiary alicyclic amines) is 2. The molecule has 0 radical (unpaired) electrons. The molecule has 4 heterocycles. The van der Waals surface area contributed by atoms with Gasteiger partial charge in [-0.05, 0) is 38.5 Å². The molecule has 4 aliphatic rings. The number of hydrogen-bond acceptors (Lipinski definition) is 12. The molecule has 4 aliphatic heterocycles. The Morgan fingerprint density at radius 2 is 0.889 bits per heavy atom. The maximum atomic E-state index is 9.66. The summed E-state index contributed by atoms with van der Waals surface area (Å²) in [5.41, 5.74) is 0. The summed E-state index contributed by atoms with van der Waals surface area (Å²) >= 11 is 0. The molecule has 202 valence electrons. The van der Waals surface area contributed by atoms with Crippen molar-refractivity contribution in [3.63, 3.8) is 0 Å². The molecule has 0 spiro atoms. The standard InChI is InChI=1S/C24H42N8O4/c33-15-11-31(12-16-34)23-26-20-19(21(27-23)29-7-3-1-4-8-29)25-24(32(13-17-35)14-18-36)28-22(20)30-9-5-2-6-10-30/h19-20,33-36H,1-18H2/t19-,20-/m0/s1. The van der Waals surface area contributed by atoms with Crippen molar-refractivity contribution in [1.82, 2.24) is 19.6 Å². The number of hydrogen-bond donors (Lipinski definition) is 4. The van der Waals surface area contributed by atoms with Gasteiger partial charge in [0.2, 0.25) is 11.9 Å². The zero-order chi connectivity index (χ0) is 25.3. The van der Waals surface area contributed by atoms with Crippen molar-refractivity contribution in [2.45, 2.75) is 50.6 Å². The number of guanidine groups is 2. The molecule has 4 N–H and O–H groups in total. The number of piperidine rings is 2. The van der Waals surface area contributed by atoms with E-state index in [2.05, 4.69) is 9.80 Å². The van der Waals surface area contributed by atoms with Crippen LogP contribution >= 0.6 is 0 Å². The SMILES string of the molecule is OCCN(CCO)C1=N[C@@H]2C(N3CCCCC3)=NC(N(CCO)CCO)=N[C@@H]2C(N2CCCCC2)=N1. The maximum absolute atomic E-state index is 9.66. The fourth-order valence-electron chi connectivity index (χ4n) is 5.36. The van der Waals surface area contributed by atoms with Crippen LogP contribution in [0.15, 0.2) is 20.0 Å². The highest BCUT2D eigenvalue weighted by molar-refractivity contribution is 6.11. The smallest absolute Gasteiger partial charge is 0.223 e. The van der Waals surface area contributed by atoms with Crippen molar-refractivity contribution in [3.05, 3.63) is 0 Å². The number of aliphatic imine (C=N–C) groups is 4. The number of aliphatic hydroxyl groups excluding tert-OH is 4. The van der Waals surface area contributed by atoms with E-state index in [-0.39, 0.29) is 38.5 Å². The summed E-state index contributed by atoms with van der Waals surface area (Å²) in [5, 5.41) is 38.6. The van der Waals surface area contributed by atoms with Gasteiger partial charge in [-0.15, -0.1) is 0 Å². The molecular formula is C24H42N8O4. The van der Waals surface area contributed by atoms with Crippen LogP contribution in [0.2, 0.25) is 0 Å². The lowest BCUT2D eigenvalue weighted by molar-refractivity contribution is 0.208. The van der Waals surface area contributed by atoms with Gasteiger partial charge in [0.05, 0.1) is 26.4 Å². The minimum Gasteiger partial charge on any atom is -0.395 e. The van der Waals surface area contributed by atoms with E-state index in [9.17, 15) is 20.4 Å². The molecule has 0 bridgehead atoms. The summed E-state index contributed by atoms with van der Waals surface area (Å²) in [6, 6.07) is -0.720. The molecule has 2 fully saturated rings. The first-order chi connectivity index (χ1) is 17.7. The number of aliphatic hydroxyl groups is 4. The molecule has 0 unspecified atom stereocenters. The summed E-state index contributed by atoms with van der Waals surface area (Å²) in [7, 11) is 0. The summed E-state index contributed by atoms with van der Waals surface area (Å²) in [5.74, 6) is 2.71. The fraction of sp³-hybridized carbons (Fsp3) is 0.833. The van der Waals surface area contributed by atoms with Gasteiger partial charge in [0.1, 0.15) is 23.8 Å². The molecule has 0 saturated carbocycles. The van der Waals surface area contributed by atoms with Crippen LogP contribution in [-0.2, 0) is 0 Å². The molecule has 36 heavy (non-hydrogen) atoms. The van der Waals surface area contributed by atoms with E-state index in [1.807, 2.05) is 9.80 Å². The summed E-state index contributed by atoms with van der Waals surface area (Å²) in [6.07, 6.45) is 6.73. The molecular weight excluding hydrogens is 464 g/mol. The largest absolute Gasteiger partial charge is 0.395 e. The van der Waals surface area contributed by atoms with Crippen LogP contribution in [0.1, 0.15) is 38.5 Å². The van der Waals surface area contributed by atoms with Crippen LogP contribution in [-0.4, -0.2) is 154 Å². The molecule has 2 saturated heterocycles. The topological polar surface area (TPSA) is 143 Å². The Morgan fingerprint density at radius 1 is 0.556 bits per heavy atom. The minimum absolute atomic E-state index is 0.0612. The molecule has 0 amide bonds. The van der Waals surface area contributed by atoms with Crippen LogP contribution in [0.4, 0.5) is 0 Å². The third kappa shape index (κ3) is 6.16. The third-order valence-electron chi connectivity index (χ3n) is 7.17. The van der Waals surface area contributed by atoms with Crippen LogP contribution in [0, 0.1) is 0 Å². The van der Waals surface area contributed by atoms with E-state index >= 15 is 0 Å². The lowest BCUT2D eigenvalue weighted by Gasteiger charge is -2.42. The molecule has 0 aliphatic carbocycles. The monoisotopic (exact) mass is 506 g/mol. The van der Waals surface area contributed by atoms with Gasteiger partial charge in [0.25, 0.3) is 0 Å². The molecule has 2 atom stereocenters. The quantitative estimate of drug-likeness (QED) is 0.322. The molecule has 0 aromatic rings. The predicted molar refractivity (Wildman–Crippen MR) is 140 cm³/mol. The molecule has 12 nitrogen and oxygen atoms in total. The number of rotatable bonds is 8. The lowest BCUT2D eigenvalue weighted by atomic mass is 9.99. The normalized spacial score (nSPS) is 24.4. The second kappa shape index (κ2) is 13.3. The highest BCUT2D eigenvalue weighted by Gasteiger charge is 2.43. The maximum Gasteiger partial charge on any atom is 0.223 e. The average molecular weight is 507 g/mol.